The average molecular weight is 182 g/mol. The Balaban J connectivity index is 1.91. The van der Waals surface area contributed by atoms with Gasteiger partial charge in [0.05, 0.1) is 0 Å². The third kappa shape index (κ3) is 1.50. The van der Waals surface area contributed by atoms with E-state index in [1.807, 2.05) is 0 Å². The lowest BCUT2D eigenvalue weighted by molar-refractivity contribution is 0.0215. The summed E-state index contributed by atoms with van der Waals surface area (Å²) in [5.41, 5.74) is 0. The van der Waals surface area contributed by atoms with Gasteiger partial charge in [0.1, 0.15) is 0 Å². The quantitative estimate of drug-likeness (QED) is 0.637. The van der Waals surface area contributed by atoms with E-state index in [-0.39, 0.29) is 0 Å². The smallest absolute Gasteiger partial charge is 0.0278 e. The van der Waals surface area contributed by atoms with Gasteiger partial charge in [-0.1, -0.05) is 0 Å². The van der Waals surface area contributed by atoms with E-state index in [0.29, 0.717) is 0 Å². The second kappa shape index (κ2) is 3.25. The minimum Gasteiger partial charge on any atom is -0.299 e. The molecule has 0 radical (unpaired) electrons. The molecule has 0 N–H and O–H groups in total. The van der Waals surface area contributed by atoms with E-state index in [1.165, 1.54) is 19.6 Å². The van der Waals surface area contributed by atoms with Crippen LogP contribution in [0.1, 0.15) is 27.7 Å². The van der Waals surface area contributed by atoms with Gasteiger partial charge >= 0.3 is 0 Å². The van der Waals surface area contributed by atoms with Crippen LogP contribution in [0, 0.1) is 5.92 Å². The van der Waals surface area contributed by atoms with E-state index in [4.69, 9.17) is 0 Å². The van der Waals surface area contributed by atoms with Crippen molar-refractivity contribution in [1.82, 2.24) is 9.80 Å². The Labute approximate surface area is 81.9 Å². The predicted molar refractivity (Wildman–Crippen MR) is 55.8 cm³/mol. The molecule has 0 spiro atoms. The van der Waals surface area contributed by atoms with Gasteiger partial charge in [-0.25, -0.2) is 0 Å². The third-order valence-electron chi connectivity index (χ3n) is 3.70. The normalized spacial score (nSPS) is 35.5. The topological polar surface area (TPSA) is 6.48 Å². The summed E-state index contributed by atoms with van der Waals surface area (Å²) in [5, 5.41) is 0. The lowest BCUT2D eigenvalue weighted by Crippen LogP contribution is -2.58. The molecular weight excluding hydrogens is 160 g/mol. The summed E-state index contributed by atoms with van der Waals surface area (Å²) in [5.74, 6) is 0.977. The Morgan fingerprint density at radius 2 is 1.62 bits per heavy atom. The summed E-state index contributed by atoms with van der Waals surface area (Å²) >= 11 is 0. The molecule has 0 saturated carbocycles. The molecule has 0 aromatic rings. The number of hydrogen-bond acceptors (Lipinski definition) is 2. The monoisotopic (exact) mass is 182 g/mol. The molecule has 2 rings (SSSR count). The minimum atomic E-state index is 0.736. The van der Waals surface area contributed by atoms with Gasteiger partial charge in [-0.3, -0.25) is 9.80 Å². The summed E-state index contributed by atoms with van der Waals surface area (Å²) in [4.78, 5) is 5.27. The first-order chi connectivity index (χ1) is 6.09. The standard InChI is InChI=1S/C11H22N2/c1-8(2)12-5-10-6-13(9(3)4)11(10)7-12/h8-11H,5-7H2,1-4H3/t10-,11-/m1/s1. The first kappa shape index (κ1) is 9.47. The highest BCUT2D eigenvalue weighted by Crippen LogP contribution is 2.34. The van der Waals surface area contributed by atoms with Crippen molar-refractivity contribution in [2.24, 2.45) is 5.92 Å². The van der Waals surface area contributed by atoms with Crippen LogP contribution in [0.3, 0.4) is 0 Å². The fraction of sp³-hybridized carbons (Fsp3) is 1.00. The highest BCUT2D eigenvalue weighted by Gasteiger charge is 2.46. The minimum absolute atomic E-state index is 0.736. The molecule has 0 bridgehead atoms. The Kier molecular flexibility index (Phi) is 2.37. The molecule has 2 aliphatic heterocycles. The zero-order valence-corrected chi connectivity index (χ0v) is 9.33. The molecular formula is C11H22N2. The van der Waals surface area contributed by atoms with Gasteiger partial charge in [0.15, 0.2) is 0 Å². The van der Waals surface area contributed by atoms with Gasteiger partial charge in [-0.05, 0) is 27.7 Å². The summed E-state index contributed by atoms with van der Waals surface area (Å²) in [6.07, 6.45) is 0. The van der Waals surface area contributed by atoms with Crippen molar-refractivity contribution in [3.05, 3.63) is 0 Å². The first-order valence-corrected chi connectivity index (χ1v) is 5.59. The van der Waals surface area contributed by atoms with Crippen LogP contribution in [-0.2, 0) is 0 Å². The van der Waals surface area contributed by atoms with E-state index in [2.05, 4.69) is 37.5 Å². The van der Waals surface area contributed by atoms with E-state index in [1.54, 1.807) is 0 Å². The summed E-state index contributed by atoms with van der Waals surface area (Å²) in [6, 6.07) is 2.36. The number of likely N-dealkylation sites (tertiary alicyclic amines) is 2. The molecule has 2 atom stereocenters. The first-order valence-electron chi connectivity index (χ1n) is 5.59. The molecule has 2 saturated heterocycles. The Morgan fingerprint density at radius 1 is 0.923 bits per heavy atom. The van der Waals surface area contributed by atoms with Crippen LogP contribution in [0.4, 0.5) is 0 Å². The zero-order chi connectivity index (χ0) is 9.59. The Bertz CT molecular complexity index is 183. The average Bonchev–Trinajstić information content (AvgIpc) is 2.28. The van der Waals surface area contributed by atoms with E-state index < -0.39 is 0 Å². The lowest BCUT2D eigenvalue weighted by Gasteiger charge is -2.46. The largest absolute Gasteiger partial charge is 0.299 e. The molecule has 0 amide bonds. The van der Waals surface area contributed by atoms with Crippen molar-refractivity contribution in [2.45, 2.75) is 45.8 Å². The molecule has 2 heterocycles. The van der Waals surface area contributed by atoms with Crippen molar-refractivity contribution in [1.29, 1.82) is 0 Å². The van der Waals surface area contributed by atoms with E-state index >= 15 is 0 Å². The van der Waals surface area contributed by atoms with Gasteiger partial charge in [0, 0.05) is 43.7 Å². The van der Waals surface area contributed by atoms with Gasteiger partial charge in [0.25, 0.3) is 0 Å². The molecule has 0 aromatic carbocycles. The van der Waals surface area contributed by atoms with Crippen LogP contribution < -0.4 is 0 Å². The van der Waals surface area contributed by atoms with Crippen molar-refractivity contribution in [3.8, 4) is 0 Å². The van der Waals surface area contributed by atoms with Crippen molar-refractivity contribution < 1.29 is 0 Å². The SMILES string of the molecule is CC(C)N1C[C@@H]2CN(C(C)C)[C@@H]2C1. The van der Waals surface area contributed by atoms with Gasteiger partial charge in [0.2, 0.25) is 0 Å². The molecule has 2 aliphatic rings. The van der Waals surface area contributed by atoms with Crippen molar-refractivity contribution in [2.75, 3.05) is 19.6 Å². The van der Waals surface area contributed by atoms with E-state index in [9.17, 15) is 0 Å². The van der Waals surface area contributed by atoms with Crippen LogP contribution >= 0.6 is 0 Å². The second-order valence-corrected chi connectivity index (χ2v) is 5.17. The Hall–Kier alpha value is -0.0800. The van der Waals surface area contributed by atoms with Gasteiger partial charge in [-0.2, -0.15) is 0 Å². The summed E-state index contributed by atoms with van der Waals surface area (Å²) in [6.45, 7) is 13.2. The number of fused-ring (bicyclic) bond motifs is 1. The molecule has 76 valence electrons. The van der Waals surface area contributed by atoms with Gasteiger partial charge < -0.3 is 0 Å². The summed E-state index contributed by atoms with van der Waals surface area (Å²) < 4.78 is 0. The van der Waals surface area contributed by atoms with Gasteiger partial charge in [-0.15, -0.1) is 0 Å². The fourth-order valence-electron chi connectivity index (χ4n) is 2.73. The number of hydrogen-bond donors (Lipinski definition) is 0. The number of nitrogens with zero attached hydrogens (tertiary/aromatic N) is 2. The lowest BCUT2D eigenvalue weighted by atomic mass is 9.90. The van der Waals surface area contributed by atoms with Crippen LogP contribution in [0.15, 0.2) is 0 Å². The maximum atomic E-state index is 2.65. The van der Waals surface area contributed by atoms with Crippen LogP contribution in [-0.4, -0.2) is 47.6 Å². The Morgan fingerprint density at radius 3 is 2.15 bits per heavy atom. The van der Waals surface area contributed by atoms with Crippen molar-refractivity contribution in [3.63, 3.8) is 0 Å². The van der Waals surface area contributed by atoms with Crippen LogP contribution in [0.5, 0.6) is 0 Å². The molecule has 2 heteroatoms. The van der Waals surface area contributed by atoms with Crippen LogP contribution in [0.2, 0.25) is 0 Å². The number of rotatable bonds is 2. The summed E-state index contributed by atoms with van der Waals surface area (Å²) in [7, 11) is 0. The molecule has 2 fully saturated rings. The zero-order valence-electron chi connectivity index (χ0n) is 9.33. The fourth-order valence-corrected chi connectivity index (χ4v) is 2.73. The highest BCUT2D eigenvalue weighted by atomic mass is 15.3. The molecule has 0 aliphatic carbocycles. The molecule has 13 heavy (non-hydrogen) atoms. The van der Waals surface area contributed by atoms with Crippen LogP contribution in [0.25, 0.3) is 0 Å². The third-order valence-corrected chi connectivity index (χ3v) is 3.70. The molecule has 0 unspecified atom stereocenters. The van der Waals surface area contributed by atoms with E-state index in [0.717, 1.165) is 24.0 Å². The predicted octanol–water partition coefficient (Wildman–Crippen LogP) is 1.42. The highest BCUT2D eigenvalue weighted by molar-refractivity contribution is 5.01. The van der Waals surface area contributed by atoms with Crippen molar-refractivity contribution >= 4 is 0 Å². The maximum absolute atomic E-state index is 2.65. The molecule has 2 nitrogen and oxygen atoms in total. The molecule has 0 aromatic heterocycles. The second-order valence-electron chi connectivity index (χ2n) is 5.17. The maximum Gasteiger partial charge on any atom is 0.0278 e.